The van der Waals surface area contributed by atoms with E-state index in [2.05, 4.69) is 40.4 Å². The van der Waals surface area contributed by atoms with Crippen LogP contribution in [0.4, 0.5) is 0 Å². The summed E-state index contributed by atoms with van der Waals surface area (Å²) in [5, 5.41) is 15.2. The molecule has 0 aliphatic rings. The molecule has 0 heterocycles. The number of amides is 2. The number of carbonyl (C=O) groups excluding carboxylic acids is 6. The summed E-state index contributed by atoms with van der Waals surface area (Å²) in [6.07, 6.45) is 7.09. The number of carbonyl (C=O) groups is 6. The number of hydrogen-bond donors (Lipinski definition) is 7. The van der Waals surface area contributed by atoms with Gasteiger partial charge in [0, 0.05) is 107 Å². The molecule has 3 atom stereocenters. The zero-order chi connectivity index (χ0) is 41.0. The normalized spacial score (nSPS) is 13.6. The summed E-state index contributed by atoms with van der Waals surface area (Å²) < 4.78 is 0. The highest BCUT2D eigenvalue weighted by atomic mass is 16.2. The molecule has 9 N–H and O–H groups in total. The molecule has 0 saturated heterocycles. The highest BCUT2D eigenvalue weighted by Gasteiger charge is 2.41. The molecule has 0 saturated carbocycles. The van der Waals surface area contributed by atoms with Crippen molar-refractivity contribution in [2.45, 2.75) is 132 Å². The zero-order valence-electron chi connectivity index (χ0n) is 35.1. The number of ketones is 4. The minimum Gasteiger partial charge on any atom is -0.355 e. The lowest BCUT2D eigenvalue weighted by Gasteiger charge is -2.33. The van der Waals surface area contributed by atoms with Crippen LogP contribution in [0.25, 0.3) is 0 Å². The summed E-state index contributed by atoms with van der Waals surface area (Å²) in [4.78, 5) is 81.2. The van der Waals surface area contributed by atoms with Gasteiger partial charge in [0.05, 0.1) is 6.54 Å². The second-order valence-electron chi connectivity index (χ2n) is 16.1. The molecule has 2 amide bonds. The van der Waals surface area contributed by atoms with Crippen LogP contribution in [0.5, 0.6) is 0 Å². The lowest BCUT2D eigenvalue weighted by Crippen LogP contribution is -2.43. The van der Waals surface area contributed by atoms with E-state index < -0.39 is 28.6 Å². The molecule has 0 aromatic heterocycles. The van der Waals surface area contributed by atoms with Crippen molar-refractivity contribution in [2.24, 2.45) is 40.1 Å². The van der Waals surface area contributed by atoms with Gasteiger partial charge in [0.15, 0.2) is 0 Å². The molecule has 0 aliphatic heterocycles. The maximum absolute atomic E-state index is 14.2. The van der Waals surface area contributed by atoms with E-state index in [4.69, 9.17) is 11.5 Å². The molecular formula is C41H79N7O6. The molecule has 0 fully saturated rings. The van der Waals surface area contributed by atoms with Gasteiger partial charge >= 0.3 is 0 Å². The van der Waals surface area contributed by atoms with Gasteiger partial charge in [0.2, 0.25) is 11.8 Å². The van der Waals surface area contributed by atoms with Gasteiger partial charge in [-0.3, -0.25) is 28.8 Å². The summed E-state index contributed by atoms with van der Waals surface area (Å²) in [6, 6.07) is 0. The van der Waals surface area contributed by atoms with E-state index in [0.717, 1.165) is 38.5 Å². The van der Waals surface area contributed by atoms with Crippen molar-refractivity contribution >= 4 is 34.9 Å². The van der Waals surface area contributed by atoms with Crippen LogP contribution in [0.2, 0.25) is 0 Å². The van der Waals surface area contributed by atoms with Crippen LogP contribution >= 0.6 is 0 Å². The Balaban J connectivity index is 6.08. The summed E-state index contributed by atoms with van der Waals surface area (Å²) in [7, 11) is 0. The van der Waals surface area contributed by atoms with Crippen molar-refractivity contribution in [3.05, 3.63) is 0 Å². The van der Waals surface area contributed by atoms with Crippen LogP contribution in [0.3, 0.4) is 0 Å². The van der Waals surface area contributed by atoms with E-state index in [1.807, 2.05) is 6.92 Å². The summed E-state index contributed by atoms with van der Waals surface area (Å²) >= 11 is 0. The van der Waals surface area contributed by atoms with Crippen molar-refractivity contribution in [3.63, 3.8) is 0 Å². The number of nitrogens with two attached hydrogens (primary N) is 2. The highest BCUT2D eigenvalue weighted by Crippen LogP contribution is 2.37. The average Bonchev–Trinajstić information content (AvgIpc) is 3.12. The fourth-order valence-electron chi connectivity index (χ4n) is 6.72. The molecule has 0 aromatic carbocycles. The number of nitrogens with one attached hydrogen (secondary N) is 5. The smallest absolute Gasteiger partial charge is 0.223 e. The molecule has 0 radical (unpaired) electrons. The number of hydrogen-bond acceptors (Lipinski definition) is 11. The van der Waals surface area contributed by atoms with Crippen molar-refractivity contribution in [1.29, 1.82) is 0 Å². The van der Waals surface area contributed by atoms with Crippen molar-refractivity contribution in [3.8, 4) is 0 Å². The third-order valence-corrected chi connectivity index (χ3v) is 10.1. The fourth-order valence-corrected chi connectivity index (χ4v) is 6.72. The first-order valence-corrected chi connectivity index (χ1v) is 20.8. The lowest BCUT2D eigenvalue weighted by molar-refractivity contribution is -0.139. The van der Waals surface area contributed by atoms with E-state index in [1.54, 1.807) is 27.7 Å². The average molecular weight is 766 g/mol. The molecule has 0 aromatic rings. The van der Waals surface area contributed by atoms with Gasteiger partial charge < -0.3 is 38.1 Å². The first-order chi connectivity index (χ1) is 25.6. The SMILES string of the molecule is CCCCCCC(=O)CC(CC)C(=O)C(C)(C)CC(CC(=O)C(C)(C)CC(CC(=O)NCCNCCN)C(=O)CNCCCC)C(=O)NCCNCCN. The number of rotatable bonds is 36. The first kappa shape index (κ1) is 51.4. The van der Waals surface area contributed by atoms with Crippen LogP contribution in [-0.4, -0.2) is 100 Å². The van der Waals surface area contributed by atoms with Crippen LogP contribution in [0.1, 0.15) is 132 Å². The quantitative estimate of drug-likeness (QED) is 0.0460. The molecule has 13 heteroatoms. The van der Waals surface area contributed by atoms with Crippen molar-refractivity contribution < 1.29 is 28.8 Å². The van der Waals surface area contributed by atoms with E-state index in [0.29, 0.717) is 71.7 Å². The number of Topliss-reactive ketones (excluding diaryl/α,β-unsaturated/α-hetero) is 4. The summed E-state index contributed by atoms with van der Waals surface area (Å²) in [5.74, 6) is -2.94. The predicted molar refractivity (Wildman–Crippen MR) is 218 cm³/mol. The molecule has 0 bridgehead atoms. The molecular weight excluding hydrogens is 686 g/mol. The van der Waals surface area contributed by atoms with Gasteiger partial charge in [0.25, 0.3) is 0 Å². The van der Waals surface area contributed by atoms with E-state index in [1.165, 1.54) is 0 Å². The van der Waals surface area contributed by atoms with Crippen molar-refractivity contribution in [2.75, 3.05) is 65.4 Å². The topological polar surface area (TPSA) is 215 Å². The van der Waals surface area contributed by atoms with Gasteiger partial charge in [0.1, 0.15) is 23.1 Å². The molecule has 54 heavy (non-hydrogen) atoms. The van der Waals surface area contributed by atoms with Crippen LogP contribution in [-0.2, 0) is 28.8 Å². The van der Waals surface area contributed by atoms with E-state index in [-0.39, 0.29) is 73.6 Å². The second-order valence-corrected chi connectivity index (χ2v) is 16.1. The Morgan fingerprint density at radius 2 is 1.17 bits per heavy atom. The van der Waals surface area contributed by atoms with Crippen molar-refractivity contribution in [1.82, 2.24) is 26.6 Å². The summed E-state index contributed by atoms with van der Waals surface area (Å²) in [6.45, 7) is 17.9. The molecule has 3 unspecified atom stereocenters. The molecule has 0 rings (SSSR count). The van der Waals surface area contributed by atoms with Gasteiger partial charge in [-0.25, -0.2) is 0 Å². The number of unbranched alkanes of at least 4 members (excludes halogenated alkanes) is 4. The van der Waals surface area contributed by atoms with Gasteiger partial charge in [-0.1, -0.05) is 74.1 Å². The third-order valence-electron chi connectivity index (χ3n) is 10.1. The Labute approximate surface area is 327 Å². The standard InChI is InChI=1S/C41H79N7O6/c1-8-11-13-14-15-34(49)25-31(10-3)38(53)41(6,7)29-33(39(54)48-24-22-45-20-17-43)26-36(51)40(4,5)28-32(35(50)30-46-18-12-9-2)27-37(52)47-23-21-44-19-16-42/h31-33,44-46H,8-30,42-43H2,1-7H3,(H,47,52)(H,48,54). The van der Waals surface area contributed by atoms with E-state index >= 15 is 0 Å². The minimum atomic E-state index is -1.04. The Kier molecular flexibility index (Phi) is 28.3. The molecule has 0 spiro atoms. The Morgan fingerprint density at radius 3 is 1.74 bits per heavy atom. The van der Waals surface area contributed by atoms with Crippen LogP contribution in [0.15, 0.2) is 0 Å². The Bertz CT molecular complexity index is 1110. The Hall–Kier alpha value is -2.58. The van der Waals surface area contributed by atoms with Crippen LogP contribution < -0.4 is 38.1 Å². The first-order valence-electron chi connectivity index (χ1n) is 20.8. The summed E-state index contributed by atoms with van der Waals surface area (Å²) in [5.41, 5.74) is 9.07. The predicted octanol–water partition coefficient (Wildman–Crippen LogP) is 3.21. The molecule has 13 nitrogen and oxygen atoms in total. The second kappa shape index (κ2) is 29.7. The van der Waals surface area contributed by atoms with E-state index in [9.17, 15) is 28.8 Å². The maximum Gasteiger partial charge on any atom is 0.223 e. The largest absolute Gasteiger partial charge is 0.355 e. The Morgan fingerprint density at radius 1 is 0.574 bits per heavy atom. The third kappa shape index (κ3) is 22.7. The molecule has 314 valence electrons. The lowest BCUT2D eigenvalue weighted by atomic mass is 9.69. The van der Waals surface area contributed by atoms with Gasteiger partial charge in [-0.05, 0) is 38.6 Å². The zero-order valence-corrected chi connectivity index (χ0v) is 35.1. The maximum atomic E-state index is 14.2. The van der Waals surface area contributed by atoms with Gasteiger partial charge in [-0.2, -0.15) is 0 Å². The van der Waals surface area contributed by atoms with Crippen LogP contribution in [0, 0.1) is 28.6 Å². The fraction of sp³-hybridized carbons (Fsp3) is 0.854. The molecule has 0 aliphatic carbocycles. The van der Waals surface area contributed by atoms with Gasteiger partial charge in [-0.15, -0.1) is 0 Å². The highest BCUT2D eigenvalue weighted by molar-refractivity contribution is 5.94. The minimum absolute atomic E-state index is 0.0567. The monoisotopic (exact) mass is 766 g/mol.